The van der Waals surface area contributed by atoms with Gasteiger partial charge >= 0.3 is 5.91 Å². The number of imide groups is 1. The highest BCUT2D eigenvalue weighted by Crippen LogP contribution is 2.33. The van der Waals surface area contributed by atoms with Gasteiger partial charge in [0.25, 0.3) is 11.8 Å². The zero-order chi connectivity index (χ0) is 28.8. The smallest absolute Gasteiger partial charge is 0.302 e. The standard InChI is InChI=1S/C29H38N6O6/c1-40-26(30-19-10-4-2-5-11-19)25(29(38)35(33-39)20-12-6-3-7-13-20)32-31-23-16-8-15-22-24(23)28(37)34(27(22)36)18-21-14-9-17-41-21/h8,15-16,19-21,30H,2-7,9-14,17-18H2,1H3/b26-25-,32-31?. The summed E-state index contributed by atoms with van der Waals surface area (Å²) >= 11 is 0. The van der Waals surface area contributed by atoms with Crippen LogP contribution in [0.2, 0.25) is 0 Å². The van der Waals surface area contributed by atoms with Crippen LogP contribution in [0, 0.1) is 4.91 Å². The van der Waals surface area contributed by atoms with Gasteiger partial charge in [0.2, 0.25) is 11.6 Å². The van der Waals surface area contributed by atoms with Gasteiger partial charge < -0.3 is 14.8 Å². The van der Waals surface area contributed by atoms with Crippen molar-refractivity contribution in [3.8, 4) is 0 Å². The van der Waals surface area contributed by atoms with Crippen LogP contribution in [0.15, 0.2) is 45.3 Å². The summed E-state index contributed by atoms with van der Waals surface area (Å²) in [7, 11) is 1.43. The van der Waals surface area contributed by atoms with E-state index in [1.807, 2.05) is 0 Å². The van der Waals surface area contributed by atoms with E-state index >= 15 is 0 Å². The van der Waals surface area contributed by atoms with E-state index in [0.29, 0.717) is 19.4 Å². The number of nitrogens with one attached hydrogen (secondary N) is 1. The van der Waals surface area contributed by atoms with Gasteiger partial charge in [0.05, 0.1) is 47.9 Å². The predicted molar refractivity (Wildman–Crippen MR) is 149 cm³/mol. The number of carbonyl (C=O) groups is 3. The maximum atomic E-state index is 13.8. The summed E-state index contributed by atoms with van der Waals surface area (Å²) in [6.45, 7) is 0.785. The molecule has 0 radical (unpaired) electrons. The van der Waals surface area contributed by atoms with Gasteiger partial charge in [-0.05, 0) is 50.7 Å². The van der Waals surface area contributed by atoms with E-state index in [9.17, 15) is 19.3 Å². The summed E-state index contributed by atoms with van der Waals surface area (Å²) in [6, 6.07) is 4.52. The van der Waals surface area contributed by atoms with Crippen molar-refractivity contribution < 1.29 is 23.9 Å². The third-order valence-electron chi connectivity index (χ3n) is 8.42. The van der Waals surface area contributed by atoms with Crippen molar-refractivity contribution in [2.75, 3.05) is 20.3 Å². The van der Waals surface area contributed by atoms with Crippen molar-refractivity contribution in [1.82, 2.24) is 15.2 Å². The van der Waals surface area contributed by atoms with Crippen LogP contribution in [0.5, 0.6) is 0 Å². The Morgan fingerprint density at radius 3 is 2.41 bits per heavy atom. The number of fused-ring (bicyclic) bond motifs is 1. The fourth-order valence-corrected chi connectivity index (χ4v) is 6.21. The number of benzene rings is 1. The van der Waals surface area contributed by atoms with Gasteiger partial charge in [-0.1, -0.05) is 44.6 Å². The Kier molecular flexibility index (Phi) is 9.38. The van der Waals surface area contributed by atoms with Crippen LogP contribution in [-0.2, 0) is 14.3 Å². The number of carbonyl (C=O) groups excluding carboxylic acids is 3. The Morgan fingerprint density at radius 2 is 1.76 bits per heavy atom. The molecule has 2 aliphatic heterocycles. The predicted octanol–water partition coefficient (Wildman–Crippen LogP) is 5.13. The average Bonchev–Trinajstić information content (AvgIpc) is 3.61. The summed E-state index contributed by atoms with van der Waals surface area (Å²) in [6.07, 6.45) is 10.7. The Bertz CT molecular complexity index is 1210. The molecule has 1 aromatic carbocycles. The molecule has 12 heteroatoms. The lowest BCUT2D eigenvalue weighted by Gasteiger charge is -2.29. The monoisotopic (exact) mass is 566 g/mol. The fourth-order valence-electron chi connectivity index (χ4n) is 6.21. The molecule has 4 aliphatic rings. The Morgan fingerprint density at radius 1 is 1.02 bits per heavy atom. The summed E-state index contributed by atoms with van der Waals surface area (Å²) in [5, 5.41) is 15.9. The summed E-state index contributed by atoms with van der Waals surface area (Å²) < 4.78 is 11.2. The van der Waals surface area contributed by atoms with Crippen LogP contribution >= 0.6 is 0 Å². The number of hydrogen-bond acceptors (Lipinski definition) is 10. The van der Waals surface area contributed by atoms with Crippen molar-refractivity contribution in [1.29, 1.82) is 0 Å². The first kappa shape index (κ1) is 28.8. The zero-order valence-corrected chi connectivity index (χ0v) is 23.5. The first-order valence-corrected chi connectivity index (χ1v) is 14.8. The highest BCUT2D eigenvalue weighted by Gasteiger charge is 2.39. The summed E-state index contributed by atoms with van der Waals surface area (Å²) in [5.74, 6) is -1.50. The summed E-state index contributed by atoms with van der Waals surface area (Å²) in [5.41, 5.74) is 0.307. The number of methoxy groups -OCH3 is 1. The van der Waals surface area contributed by atoms with Crippen molar-refractivity contribution in [2.24, 2.45) is 15.5 Å². The van der Waals surface area contributed by atoms with Crippen LogP contribution in [0.4, 0.5) is 5.69 Å². The molecule has 0 spiro atoms. The molecule has 2 saturated carbocycles. The lowest BCUT2D eigenvalue weighted by Crippen LogP contribution is -2.40. The first-order valence-electron chi connectivity index (χ1n) is 14.8. The van der Waals surface area contributed by atoms with E-state index in [1.54, 1.807) is 18.2 Å². The normalized spacial score (nSPS) is 22.6. The van der Waals surface area contributed by atoms with E-state index in [1.165, 1.54) is 12.0 Å². The number of rotatable bonds is 10. The minimum Gasteiger partial charge on any atom is -0.481 e. The van der Waals surface area contributed by atoms with Crippen molar-refractivity contribution in [3.05, 3.63) is 45.8 Å². The molecule has 3 amide bonds. The number of ether oxygens (including phenoxy) is 2. The SMILES string of the molecule is CO/C(NC1CCCCC1)=C(\N=Nc1cccc2c1C(=O)N(CC1CCCO1)C2=O)C(=O)N(N=O)C1CCCCC1. The molecule has 1 N–H and O–H groups in total. The van der Waals surface area contributed by atoms with Crippen molar-refractivity contribution in [2.45, 2.75) is 95.2 Å². The average molecular weight is 567 g/mol. The molecule has 220 valence electrons. The maximum Gasteiger partial charge on any atom is 0.302 e. The second-order valence-electron chi connectivity index (χ2n) is 11.1. The molecule has 1 aromatic rings. The van der Waals surface area contributed by atoms with E-state index in [2.05, 4.69) is 20.8 Å². The molecule has 5 rings (SSSR count). The van der Waals surface area contributed by atoms with Crippen LogP contribution in [0.1, 0.15) is 97.8 Å². The Labute approximate surface area is 239 Å². The molecule has 2 heterocycles. The summed E-state index contributed by atoms with van der Waals surface area (Å²) in [4.78, 5) is 53.4. The molecule has 3 fully saturated rings. The van der Waals surface area contributed by atoms with E-state index in [0.717, 1.165) is 69.2 Å². The third-order valence-corrected chi connectivity index (χ3v) is 8.42. The van der Waals surface area contributed by atoms with Crippen molar-refractivity contribution >= 4 is 23.4 Å². The molecule has 1 saturated heterocycles. The quantitative estimate of drug-likeness (QED) is 0.103. The number of amides is 3. The van der Waals surface area contributed by atoms with Gasteiger partial charge in [0.15, 0.2) is 0 Å². The maximum absolute atomic E-state index is 13.8. The van der Waals surface area contributed by atoms with Gasteiger partial charge in [-0.2, -0.15) is 5.01 Å². The number of nitrogens with zero attached hydrogens (tertiary/aromatic N) is 5. The zero-order valence-electron chi connectivity index (χ0n) is 23.5. The van der Waals surface area contributed by atoms with Gasteiger partial charge in [0.1, 0.15) is 0 Å². The third kappa shape index (κ3) is 6.32. The van der Waals surface area contributed by atoms with Gasteiger partial charge in [-0.15, -0.1) is 15.1 Å². The highest BCUT2D eigenvalue weighted by molar-refractivity contribution is 6.23. The molecule has 1 atom stereocenters. The number of azo groups is 1. The second kappa shape index (κ2) is 13.3. The minimum absolute atomic E-state index is 0.0792. The molecule has 0 bridgehead atoms. The molecular formula is C29H38N6O6. The van der Waals surface area contributed by atoms with Crippen LogP contribution < -0.4 is 5.32 Å². The van der Waals surface area contributed by atoms with Gasteiger partial charge in [-0.25, -0.2) is 0 Å². The molecule has 1 unspecified atom stereocenters. The van der Waals surface area contributed by atoms with Gasteiger partial charge in [-0.3, -0.25) is 19.3 Å². The van der Waals surface area contributed by atoms with Crippen LogP contribution in [0.3, 0.4) is 0 Å². The lowest BCUT2D eigenvalue weighted by molar-refractivity contribution is -0.130. The molecule has 41 heavy (non-hydrogen) atoms. The largest absolute Gasteiger partial charge is 0.481 e. The number of nitroso groups, excluding NO2 is 1. The Balaban J connectivity index is 1.47. The first-order chi connectivity index (χ1) is 20.0. The Hall–Kier alpha value is -3.67. The lowest BCUT2D eigenvalue weighted by atomic mass is 9.95. The van der Waals surface area contributed by atoms with Crippen LogP contribution in [-0.4, -0.2) is 66.1 Å². The van der Waals surface area contributed by atoms with E-state index < -0.39 is 17.7 Å². The van der Waals surface area contributed by atoms with E-state index in [4.69, 9.17) is 9.47 Å². The highest BCUT2D eigenvalue weighted by atomic mass is 16.5. The number of hydrogen-bond donors (Lipinski definition) is 1. The van der Waals surface area contributed by atoms with Gasteiger partial charge in [0, 0.05) is 12.6 Å². The van der Waals surface area contributed by atoms with Crippen LogP contribution in [0.25, 0.3) is 0 Å². The minimum atomic E-state index is -0.717. The second-order valence-corrected chi connectivity index (χ2v) is 11.1. The molecular weight excluding hydrogens is 528 g/mol. The molecule has 12 nitrogen and oxygen atoms in total. The molecule has 0 aromatic heterocycles. The van der Waals surface area contributed by atoms with E-state index in [-0.39, 0.29) is 53.1 Å². The topological polar surface area (TPSA) is 142 Å². The molecule has 2 aliphatic carbocycles. The van der Waals surface area contributed by atoms with Crippen molar-refractivity contribution in [3.63, 3.8) is 0 Å². The fraction of sp³-hybridized carbons (Fsp3) is 0.621.